The maximum atomic E-state index is 13.5. The molecule has 5 rings (SSSR count). The van der Waals surface area contributed by atoms with Crippen LogP contribution < -0.4 is 5.32 Å². The molecule has 1 N–H and O–H groups in total. The number of amides is 1. The van der Waals surface area contributed by atoms with Crippen LogP contribution >= 0.6 is 11.3 Å². The summed E-state index contributed by atoms with van der Waals surface area (Å²) in [7, 11) is 0. The van der Waals surface area contributed by atoms with Gasteiger partial charge in [-0.3, -0.25) is 9.69 Å². The standard InChI is InChI=1S/C28H43N5OS/c1-5-28(13-6-7-14-28)27(34)29-24(25-9-8-16-35-25)12-15-32-21-10-11-22(32)18-23(17-21)33-20(4)30-31-26(33)19(2)3/h8-9,16,19,21-24H,5-7,10-15,17-18H2,1-4H3,(H,29,34)/t21-,22-,24-/m0/s1. The lowest BCUT2D eigenvalue weighted by molar-refractivity contribution is -0.132. The molecule has 1 aliphatic carbocycles. The summed E-state index contributed by atoms with van der Waals surface area (Å²) in [4.78, 5) is 17.5. The molecule has 0 spiro atoms. The molecule has 4 heterocycles. The maximum Gasteiger partial charge on any atom is 0.226 e. The van der Waals surface area contributed by atoms with E-state index in [1.54, 1.807) is 11.3 Å². The lowest BCUT2D eigenvalue weighted by Crippen LogP contribution is -2.46. The van der Waals surface area contributed by atoms with E-state index in [9.17, 15) is 4.79 Å². The van der Waals surface area contributed by atoms with Gasteiger partial charge in [0.05, 0.1) is 6.04 Å². The Bertz CT molecular complexity index is 979. The van der Waals surface area contributed by atoms with Gasteiger partial charge in [0, 0.05) is 40.9 Å². The van der Waals surface area contributed by atoms with Crippen LogP contribution in [0.1, 0.15) is 120 Å². The molecule has 35 heavy (non-hydrogen) atoms. The third-order valence-corrected chi connectivity index (χ3v) is 10.2. The van der Waals surface area contributed by atoms with Gasteiger partial charge in [-0.05, 0) is 69.7 Å². The van der Waals surface area contributed by atoms with Crippen LogP contribution in [0.3, 0.4) is 0 Å². The fraction of sp³-hybridized carbons (Fsp3) is 0.750. The second-order valence-corrected chi connectivity index (χ2v) is 12.5. The van der Waals surface area contributed by atoms with Crippen molar-refractivity contribution >= 4 is 17.2 Å². The highest BCUT2D eigenvalue weighted by Gasteiger charge is 2.43. The van der Waals surface area contributed by atoms with E-state index in [1.807, 2.05) is 0 Å². The van der Waals surface area contributed by atoms with Crippen molar-refractivity contribution in [2.45, 2.75) is 122 Å². The molecule has 1 amide bonds. The van der Waals surface area contributed by atoms with Gasteiger partial charge in [-0.25, -0.2) is 0 Å². The van der Waals surface area contributed by atoms with Crippen LogP contribution in [0.2, 0.25) is 0 Å². The van der Waals surface area contributed by atoms with E-state index < -0.39 is 0 Å². The normalized spacial score (nSPS) is 26.9. The van der Waals surface area contributed by atoms with Crippen molar-refractivity contribution in [3.05, 3.63) is 34.0 Å². The van der Waals surface area contributed by atoms with E-state index in [0.29, 0.717) is 30.0 Å². The number of nitrogens with one attached hydrogen (secondary N) is 1. The monoisotopic (exact) mass is 497 g/mol. The highest BCUT2D eigenvalue weighted by molar-refractivity contribution is 7.10. The van der Waals surface area contributed by atoms with E-state index in [4.69, 9.17) is 0 Å². The van der Waals surface area contributed by atoms with Crippen molar-refractivity contribution in [1.29, 1.82) is 0 Å². The van der Waals surface area contributed by atoms with Gasteiger partial charge in [0.15, 0.2) is 0 Å². The Balaban J connectivity index is 1.26. The first-order valence-corrected chi connectivity index (χ1v) is 14.8. The van der Waals surface area contributed by atoms with Gasteiger partial charge >= 0.3 is 0 Å². The number of hydrogen-bond acceptors (Lipinski definition) is 5. The highest BCUT2D eigenvalue weighted by atomic mass is 32.1. The predicted octanol–water partition coefficient (Wildman–Crippen LogP) is 6.16. The SMILES string of the molecule is CCC1(C(=O)N[C@@H](CCN2[C@H]3CC[C@H]2CC(n2c(C)nnc2C(C)C)C3)c2cccs2)CCCC1. The molecule has 2 aromatic rings. The van der Waals surface area contributed by atoms with Crippen molar-refractivity contribution in [2.75, 3.05) is 6.54 Å². The summed E-state index contributed by atoms with van der Waals surface area (Å²) >= 11 is 1.78. The summed E-state index contributed by atoms with van der Waals surface area (Å²) in [6.07, 6.45) is 11.4. The number of thiophene rings is 1. The molecule has 3 aliphatic rings. The Hall–Kier alpha value is -1.73. The van der Waals surface area contributed by atoms with E-state index >= 15 is 0 Å². The lowest BCUT2D eigenvalue weighted by atomic mass is 9.82. The van der Waals surface area contributed by atoms with Crippen molar-refractivity contribution < 1.29 is 4.79 Å². The molecular weight excluding hydrogens is 454 g/mol. The minimum atomic E-state index is -0.141. The van der Waals surface area contributed by atoms with Crippen LogP contribution in [-0.4, -0.2) is 44.2 Å². The van der Waals surface area contributed by atoms with Gasteiger partial charge in [-0.2, -0.15) is 0 Å². The molecule has 0 unspecified atom stereocenters. The molecule has 3 fully saturated rings. The zero-order chi connectivity index (χ0) is 24.6. The number of rotatable bonds is 9. The molecule has 0 radical (unpaired) electrons. The first-order chi connectivity index (χ1) is 16.9. The van der Waals surface area contributed by atoms with E-state index in [2.05, 4.69) is 70.2 Å². The highest BCUT2D eigenvalue weighted by Crippen LogP contribution is 2.44. The zero-order valence-corrected chi connectivity index (χ0v) is 22.8. The molecule has 7 heteroatoms. The molecule has 0 aromatic carbocycles. The van der Waals surface area contributed by atoms with Crippen LogP contribution in [0.25, 0.3) is 0 Å². The first kappa shape index (κ1) is 24.9. The summed E-state index contributed by atoms with van der Waals surface area (Å²) in [5, 5.41) is 14.6. The Morgan fingerprint density at radius 2 is 1.89 bits per heavy atom. The molecule has 6 nitrogen and oxygen atoms in total. The largest absolute Gasteiger partial charge is 0.348 e. The maximum absolute atomic E-state index is 13.5. The Labute approximate surface area is 214 Å². The molecule has 2 aliphatic heterocycles. The minimum absolute atomic E-state index is 0.122. The van der Waals surface area contributed by atoms with Crippen LogP contribution in [0.15, 0.2) is 17.5 Å². The van der Waals surface area contributed by atoms with E-state index in [0.717, 1.165) is 43.9 Å². The molecule has 2 aromatic heterocycles. The number of carbonyl (C=O) groups is 1. The average molecular weight is 498 g/mol. The number of fused-ring (bicyclic) bond motifs is 2. The van der Waals surface area contributed by atoms with Gasteiger partial charge in [-0.15, -0.1) is 21.5 Å². The van der Waals surface area contributed by atoms with Crippen LogP contribution in [0.4, 0.5) is 0 Å². The van der Waals surface area contributed by atoms with Gasteiger partial charge < -0.3 is 9.88 Å². The topological polar surface area (TPSA) is 63.1 Å². The second kappa shape index (κ2) is 10.3. The number of carbonyl (C=O) groups excluding carboxylic acids is 1. The third kappa shape index (κ3) is 4.83. The first-order valence-electron chi connectivity index (χ1n) is 13.9. The van der Waals surface area contributed by atoms with Crippen molar-refractivity contribution in [1.82, 2.24) is 25.0 Å². The third-order valence-electron chi connectivity index (χ3n) is 9.22. The Morgan fingerprint density at radius 3 is 2.49 bits per heavy atom. The van der Waals surface area contributed by atoms with E-state index in [1.165, 1.54) is 43.4 Å². The van der Waals surface area contributed by atoms with Crippen LogP contribution in [0, 0.1) is 12.3 Å². The quantitative estimate of drug-likeness (QED) is 0.451. The number of nitrogens with zero attached hydrogens (tertiary/aromatic N) is 4. The molecule has 3 atom stereocenters. The van der Waals surface area contributed by atoms with Crippen molar-refractivity contribution in [2.24, 2.45) is 5.41 Å². The number of hydrogen-bond donors (Lipinski definition) is 1. The smallest absolute Gasteiger partial charge is 0.226 e. The number of aryl methyl sites for hydroxylation is 1. The molecule has 1 saturated carbocycles. The van der Waals surface area contributed by atoms with Crippen LogP contribution in [0.5, 0.6) is 0 Å². The van der Waals surface area contributed by atoms with Crippen molar-refractivity contribution in [3.63, 3.8) is 0 Å². The Kier molecular flexibility index (Phi) is 7.36. The van der Waals surface area contributed by atoms with Gasteiger partial charge in [-0.1, -0.05) is 39.7 Å². The summed E-state index contributed by atoms with van der Waals surface area (Å²) in [6, 6.07) is 6.19. The fourth-order valence-corrected chi connectivity index (χ4v) is 8.02. The fourth-order valence-electron chi connectivity index (χ4n) is 7.21. The number of aromatic nitrogens is 3. The molecule has 2 saturated heterocycles. The molecular formula is C28H43N5OS. The average Bonchev–Trinajstić information content (AvgIpc) is 3.64. The summed E-state index contributed by atoms with van der Waals surface area (Å²) in [5.74, 6) is 2.89. The summed E-state index contributed by atoms with van der Waals surface area (Å²) < 4.78 is 2.44. The summed E-state index contributed by atoms with van der Waals surface area (Å²) in [5.41, 5.74) is -0.141. The Morgan fingerprint density at radius 1 is 1.17 bits per heavy atom. The van der Waals surface area contributed by atoms with Crippen molar-refractivity contribution in [3.8, 4) is 0 Å². The summed E-state index contributed by atoms with van der Waals surface area (Å²) in [6.45, 7) is 9.79. The minimum Gasteiger partial charge on any atom is -0.348 e. The second-order valence-electron chi connectivity index (χ2n) is 11.5. The lowest BCUT2D eigenvalue weighted by Gasteiger charge is -2.40. The number of piperidine rings is 1. The van der Waals surface area contributed by atoms with Crippen LogP contribution in [-0.2, 0) is 4.79 Å². The zero-order valence-electron chi connectivity index (χ0n) is 22.0. The molecule has 2 bridgehead atoms. The van der Waals surface area contributed by atoms with Gasteiger partial charge in [0.25, 0.3) is 0 Å². The van der Waals surface area contributed by atoms with Gasteiger partial charge in [0.2, 0.25) is 5.91 Å². The predicted molar refractivity (Wildman–Crippen MR) is 142 cm³/mol. The van der Waals surface area contributed by atoms with E-state index in [-0.39, 0.29) is 11.5 Å². The van der Waals surface area contributed by atoms with Gasteiger partial charge in [0.1, 0.15) is 11.6 Å². The molecule has 192 valence electrons.